The zero-order chi connectivity index (χ0) is 13.8. The van der Waals surface area contributed by atoms with E-state index in [-0.39, 0.29) is 17.9 Å². The van der Waals surface area contributed by atoms with Gasteiger partial charge in [0, 0.05) is 30.6 Å². The Morgan fingerprint density at radius 2 is 2.26 bits per heavy atom. The van der Waals surface area contributed by atoms with Gasteiger partial charge in [0.2, 0.25) is 5.91 Å². The monoisotopic (exact) mass is 280 g/mol. The van der Waals surface area contributed by atoms with Crippen molar-refractivity contribution in [3.63, 3.8) is 0 Å². The molecule has 1 amide bonds. The van der Waals surface area contributed by atoms with Crippen molar-refractivity contribution < 1.29 is 4.79 Å². The highest BCUT2D eigenvalue weighted by molar-refractivity contribution is 6.31. The van der Waals surface area contributed by atoms with E-state index in [0.717, 1.165) is 36.6 Å². The number of carbonyl (C=O) groups is 1. The van der Waals surface area contributed by atoms with Gasteiger partial charge in [0.15, 0.2) is 0 Å². The highest BCUT2D eigenvalue weighted by Gasteiger charge is 2.30. The number of hydrogen-bond donors (Lipinski definition) is 1. The summed E-state index contributed by atoms with van der Waals surface area (Å²) in [5, 5.41) is 4.08. The van der Waals surface area contributed by atoms with Crippen molar-refractivity contribution >= 4 is 17.5 Å². The summed E-state index contributed by atoms with van der Waals surface area (Å²) < 4.78 is 0. The number of rotatable bonds is 3. The Labute approximate surface area is 119 Å². The fourth-order valence-electron chi connectivity index (χ4n) is 2.45. The van der Waals surface area contributed by atoms with Crippen LogP contribution in [-0.4, -0.2) is 30.4 Å². The molecule has 2 rings (SSSR count). The number of nitrogens with zero attached hydrogens (tertiary/aromatic N) is 1. The summed E-state index contributed by atoms with van der Waals surface area (Å²) in [5.74, 6) is 0.303. The van der Waals surface area contributed by atoms with E-state index in [2.05, 4.69) is 12.2 Å². The third-order valence-electron chi connectivity index (χ3n) is 3.82. The molecule has 1 aromatic rings. The molecule has 0 aromatic heterocycles. The van der Waals surface area contributed by atoms with E-state index < -0.39 is 0 Å². The number of halogens is 1. The summed E-state index contributed by atoms with van der Waals surface area (Å²) in [6, 6.07) is 7.84. The van der Waals surface area contributed by atoms with Gasteiger partial charge in [-0.05, 0) is 18.1 Å². The molecule has 1 aliphatic rings. The molecule has 0 aliphatic carbocycles. The first-order chi connectivity index (χ1) is 9.15. The lowest BCUT2D eigenvalue weighted by molar-refractivity contribution is -0.138. The van der Waals surface area contributed by atoms with E-state index in [1.165, 1.54) is 0 Å². The Hall–Kier alpha value is -1.06. The summed E-state index contributed by atoms with van der Waals surface area (Å²) in [6.07, 6.45) is 0.873. The van der Waals surface area contributed by atoms with Gasteiger partial charge >= 0.3 is 0 Å². The van der Waals surface area contributed by atoms with Crippen LogP contribution < -0.4 is 5.32 Å². The topological polar surface area (TPSA) is 32.3 Å². The molecule has 0 radical (unpaired) electrons. The largest absolute Gasteiger partial charge is 0.333 e. The second-order valence-electron chi connectivity index (χ2n) is 5.08. The number of nitrogens with one attached hydrogen (secondary N) is 1. The van der Waals surface area contributed by atoms with E-state index in [0.29, 0.717) is 0 Å². The van der Waals surface area contributed by atoms with Crippen LogP contribution in [0.25, 0.3) is 0 Å². The van der Waals surface area contributed by atoms with Crippen molar-refractivity contribution in [2.75, 3.05) is 19.6 Å². The summed E-state index contributed by atoms with van der Waals surface area (Å²) >= 11 is 6.28. The van der Waals surface area contributed by atoms with Crippen molar-refractivity contribution in [1.29, 1.82) is 0 Å². The van der Waals surface area contributed by atoms with Gasteiger partial charge in [0.05, 0.1) is 6.04 Å². The number of benzene rings is 1. The third-order valence-corrected chi connectivity index (χ3v) is 4.17. The summed E-state index contributed by atoms with van der Waals surface area (Å²) in [7, 11) is 0. The standard InChI is InChI=1S/C15H21ClN2O/c1-3-11(2)15(19)18-9-8-17-10-14(18)12-6-4-5-7-13(12)16/h4-7,11,14,17H,3,8-10H2,1-2H3. The molecule has 2 atom stereocenters. The number of carbonyl (C=O) groups excluding carboxylic acids is 1. The smallest absolute Gasteiger partial charge is 0.225 e. The molecular formula is C15H21ClN2O. The first-order valence-corrected chi connectivity index (χ1v) is 7.28. The molecule has 0 spiro atoms. The number of piperazine rings is 1. The molecular weight excluding hydrogens is 260 g/mol. The Balaban J connectivity index is 2.26. The highest BCUT2D eigenvalue weighted by atomic mass is 35.5. The van der Waals surface area contributed by atoms with E-state index >= 15 is 0 Å². The fourth-order valence-corrected chi connectivity index (χ4v) is 2.71. The maximum atomic E-state index is 12.5. The van der Waals surface area contributed by atoms with Crippen molar-refractivity contribution in [2.24, 2.45) is 5.92 Å². The first kappa shape index (κ1) is 14.4. The summed E-state index contributed by atoms with van der Waals surface area (Å²) in [4.78, 5) is 14.5. The third kappa shape index (κ3) is 3.10. The Morgan fingerprint density at radius 3 is 2.95 bits per heavy atom. The zero-order valence-electron chi connectivity index (χ0n) is 11.5. The van der Waals surface area contributed by atoms with Crippen LogP contribution >= 0.6 is 11.6 Å². The minimum Gasteiger partial charge on any atom is -0.333 e. The van der Waals surface area contributed by atoms with Crippen LogP contribution in [0.1, 0.15) is 31.9 Å². The van der Waals surface area contributed by atoms with Gasteiger partial charge in [-0.15, -0.1) is 0 Å². The van der Waals surface area contributed by atoms with Crippen LogP contribution in [-0.2, 0) is 4.79 Å². The van der Waals surface area contributed by atoms with Crippen molar-refractivity contribution in [3.05, 3.63) is 34.9 Å². The van der Waals surface area contributed by atoms with Gasteiger partial charge in [0.1, 0.15) is 0 Å². The average Bonchev–Trinajstić information content (AvgIpc) is 2.46. The summed E-state index contributed by atoms with van der Waals surface area (Å²) in [6.45, 7) is 6.41. The van der Waals surface area contributed by atoms with Crippen LogP contribution in [0, 0.1) is 5.92 Å². The Morgan fingerprint density at radius 1 is 1.53 bits per heavy atom. The van der Waals surface area contributed by atoms with Crippen molar-refractivity contribution in [1.82, 2.24) is 10.2 Å². The fraction of sp³-hybridized carbons (Fsp3) is 0.533. The molecule has 0 saturated carbocycles. The molecule has 3 nitrogen and oxygen atoms in total. The average molecular weight is 281 g/mol. The van der Waals surface area contributed by atoms with Crippen LogP contribution in [0.4, 0.5) is 0 Å². The Bertz CT molecular complexity index is 450. The Kier molecular flexibility index (Phi) is 4.83. The van der Waals surface area contributed by atoms with Gasteiger partial charge in [-0.1, -0.05) is 43.6 Å². The molecule has 4 heteroatoms. The van der Waals surface area contributed by atoms with E-state index in [4.69, 9.17) is 11.6 Å². The molecule has 2 unspecified atom stereocenters. The second kappa shape index (κ2) is 6.40. The molecule has 0 bridgehead atoms. The number of hydrogen-bond acceptors (Lipinski definition) is 2. The molecule has 1 heterocycles. The molecule has 1 saturated heterocycles. The van der Waals surface area contributed by atoms with Gasteiger partial charge in [-0.2, -0.15) is 0 Å². The molecule has 1 N–H and O–H groups in total. The van der Waals surface area contributed by atoms with Crippen molar-refractivity contribution in [3.8, 4) is 0 Å². The molecule has 104 valence electrons. The van der Waals surface area contributed by atoms with Crippen molar-refractivity contribution in [2.45, 2.75) is 26.3 Å². The molecule has 1 aromatic carbocycles. The normalized spacial score (nSPS) is 21.2. The second-order valence-corrected chi connectivity index (χ2v) is 5.49. The van der Waals surface area contributed by atoms with Crippen LogP contribution in [0.15, 0.2) is 24.3 Å². The minimum atomic E-state index is 0.0453. The lowest BCUT2D eigenvalue weighted by Gasteiger charge is -2.38. The van der Waals surface area contributed by atoms with Gasteiger partial charge < -0.3 is 10.2 Å². The highest BCUT2D eigenvalue weighted by Crippen LogP contribution is 2.29. The molecule has 1 aliphatic heterocycles. The van der Waals surface area contributed by atoms with Gasteiger partial charge in [-0.3, -0.25) is 4.79 Å². The maximum Gasteiger partial charge on any atom is 0.225 e. The first-order valence-electron chi connectivity index (χ1n) is 6.90. The predicted octanol–water partition coefficient (Wildman–Crippen LogP) is 2.86. The SMILES string of the molecule is CCC(C)C(=O)N1CCNCC1c1ccccc1Cl. The summed E-state index contributed by atoms with van der Waals surface area (Å²) in [5.41, 5.74) is 1.04. The lowest BCUT2D eigenvalue weighted by Crippen LogP contribution is -2.50. The molecule has 19 heavy (non-hydrogen) atoms. The van der Waals surface area contributed by atoms with E-state index in [9.17, 15) is 4.79 Å². The minimum absolute atomic E-state index is 0.0453. The van der Waals surface area contributed by atoms with Crippen LogP contribution in [0.2, 0.25) is 5.02 Å². The molecule has 1 fully saturated rings. The van der Waals surface area contributed by atoms with Crippen LogP contribution in [0.5, 0.6) is 0 Å². The maximum absolute atomic E-state index is 12.5. The van der Waals surface area contributed by atoms with Gasteiger partial charge in [0.25, 0.3) is 0 Å². The van der Waals surface area contributed by atoms with E-state index in [1.54, 1.807) is 0 Å². The quantitative estimate of drug-likeness (QED) is 0.923. The van der Waals surface area contributed by atoms with Gasteiger partial charge in [-0.25, -0.2) is 0 Å². The van der Waals surface area contributed by atoms with Crippen LogP contribution in [0.3, 0.4) is 0 Å². The number of amides is 1. The lowest BCUT2D eigenvalue weighted by atomic mass is 10.00. The predicted molar refractivity (Wildman–Crippen MR) is 78.2 cm³/mol. The zero-order valence-corrected chi connectivity index (χ0v) is 12.3. The van der Waals surface area contributed by atoms with E-state index in [1.807, 2.05) is 36.1 Å².